The number of hydrogen-bond acceptors (Lipinski definition) is 2. The summed E-state index contributed by atoms with van der Waals surface area (Å²) in [5, 5.41) is 5.96. The maximum Gasteiger partial charge on any atom is 0.221 e. The van der Waals surface area contributed by atoms with E-state index in [2.05, 4.69) is 17.2 Å². The fourth-order valence-electron chi connectivity index (χ4n) is 0.887. The Morgan fingerprint density at radius 3 is 2.54 bits per heavy atom. The molecule has 0 heterocycles. The first kappa shape index (κ1) is 12.2. The molecule has 13 heavy (non-hydrogen) atoms. The van der Waals surface area contributed by atoms with Crippen molar-refractivity contribution >= 4 is 5.91 Å². The molecule has 0 atom stereocenters. The van der Waals surface area contributed by atoms with Crippen LogP contribution in [0, 0.1) is 0 Å². The summed E-state index contributed by atoms with van der Waals surface area (Å²) in [6, 6.07) is 0. The summed E-state index contributed by atoms with van der Waals surface area (Å²) in [4.78, 5) is 11.2. The molecular weight excluding hydrogens is 164 g/mol. The Bertz CT molecular complexity index is 170. The third-order valence-corrected chi connectivity index (χ3v) is 1.33. The monoisotopic (exact) mass is 184 g/mol. The van der Waals surface area contributed by atoms with Crippen LogP contribution in [0.25, 0.3) is 0 Å². The summed E-state index contributed by atoms with van der Waals surface area (Å²) in [5.74, 6) is 0.0871. The van der Waals surface area contributed by atoms with Gasteiger partial charge in [-0.3, -0.25) is 4.79 Å². The topological polar surface area (TPSA) is 41.1 Å². The minimum atomic E-state index is -0.129. The Balaban J connectivity index is 3.47. The van der Waals surface area contributed by atoms with Gasteiger partial charge in [0.25, 0.3) is 0 Å². The molecule has 0 aromatic rings. The highest BCUT2D eigenvalue weighted by Gasteiger charge is 2.12. The third-order valence-electron chi connectivity index (χ3n) is 1.33. The van der Waals surface area contributed by atoms with Crippen molar-refractivity contribution in [3.8, 4) is 0 Å². The van der Waals surface area contributed by atoms with Crippen molar-refractivity contribution in [1.82, 2.24) is 10.6 Å². The van der Waals surface area contributed by atoms with Gasteiger partial charge in [0, 0.05) is 25.0 Å². The molecule has 0 rings (SSSR count). The van der Waals surface area contributed by atoms with Crippen LogP contribution in [0.15, 0.2) is 12.7 Å². The summed E-state index contributed by atoms with van der Waals surface area (Å²) in [6.45, 7) is 11.0. The van der Waals surface area contributed by atoms with Crippen molar-refractivity contribution in [2.45, 2.75) is 32.7 Å². The molecule has 0 saturated carbocycles. The lowest BCUT2D eigenvalue weighted by Gasteiger charge is -2.20. The zero-order chi connectivity index (χ0) is 10.3. The number of carbonyl (C=O) groups excluding carboxylic acids is 1. The van der Waals surface area contributed by atoms with Crippen LogP contribution in [0.1, 0.15) is 27.2 Å². The maximum atomic E-state index is 11.2. The predicted octanol–water partition coefficient (Wildman–Crippen LogP) is 1.07. The van der Waals surface area contributed by atoms with Gasteiger partial charge in [0.05, 0.1) is 0 Å². The van der Waals surface area contributed by atoms with E-state index in [9.17, 15) is 4.79 Å². The van der Waals surface area contributed by atoms with E-state index in [0.717, 1.165) is 6.54 Å². The van der Waals surface area contributed by atoms with Crippen molar-refractivity contribution in [3.05, 3.63) is 12.7 Å². The standard InChI is InChI=1S/C10H20N2O/c1-5-7-11-8-6-9(13)12-10(2,3)4/h5,11H,1,6-8H2,2-4H3,(H,12,13). The molecule has 1 amide bonds. The zero-order valence-electron chi connectivity index (χ0n) is 8.81. The van der Waals surface area contributed by atoms with Crippen LogP contribution in [0.2, 0.25) is 0 Å². The summed E-state index contributed by atoms with van der Waals surface area (Å²) >= 11 is 0. The van der Waals surface area contributed by atoms with Crippen LogP contribution < -0.4 is 10.6 Å². The Labute approximate surface area is 80.6 Å². The van der Waals surface area contributed by atoms with Crippen LogP contribution in [0.3, 0.4) is 0 Å². The second-order valence-electron chi connectivity index (χ2n) is 4.04. The van der Waals surface area contributed by atoms with Gasteiger partial charge in [-0.2, -0.15) is 0 Å². The van der Waals surface area contributed by atoms with Crippen LogP contribution in [-0.4, -0.2) is 24.5 Å². The molecule has 0 aromatic heterocycles. The molecule has 0 unspecified atom stereocenters. The van der Waals surface area contributed by atoms with Gasteiger partial charge >= 0.3 is 0 Å². The normalized spacial score (nSPS) is 11.0. The number of nitrogens with one attached hydrogen (secondary N) is 2. The zero-order valence-corrected chi connectivity index (χ0v) is 8.81. The van der Waals surface area contributed by atoms with Gasteiger partial charge in [0.2, 0.25) is 5.91 Å². The highest BCUT2D eigenvalue weighted by Crippen LogP contribution is 1.98. The fourth-order valence-corrected chi connectivity index (χ4v) is 0.887. The molecule has 0 aliphatic carbocycles. The molecule has 0 aliphatic heterocycles. The summed E-state index contributed by atoms with van der Waals surface area (Å²) in [7, 11) is 0. The van der Waals surface area contributed by atoms with E-state index in [0.29, 0.717) is 13.0 Å². The van der Waals surface area contributed by atoms with Gasteiger partial charge < -0.3 is 10.6 Å². The van der Waals surface area contributed by atoms with Crippen molar-refractivity contribution in [3.63, 3.8) is 0 Å². The van der Waals surface area contributed by atoms with E-state index in [1.807, 2.05) is 20.8 Å². The molecule has 0 bridgehead atoms. The highest BCUT2D eigenvalue weighted by atomic mass is 16.1. The molecule has 76 valence electrons. The molecule has 3 heteroatoms. The van der Waals surface area contributed by atoms with Gasteiger partial charge in [-0.05, 0) is 20.8 Å². The van der Waals surface area contributed by atoms with Crippen molar-refractivity contribution < 1.29 is 4.79 Å². The number of hydrogen-bond donors (Lipinski definition) is 2. The predicted molar refractivity (Wildman–Crippen MR) is 55.6 cm³/mol. The van der Waals surface area contributed by atoms with Gasteiger partial charge in [-0.1, -0.05) is 6.08 Å². The SMILES string of the molecule is C=CCNCCC(=O)NC(C)(C)C. The average molecular weight is 184 g/mol. The molecule has 0 fully saturated rings. The Morgan fingerprint density at radius 2 is 2.08 bits per heavy atom. The van der Waals surface area contributed by atoms with E-state index < -0.39 is 0 Å². The summed E-state index contributed by atoms with van der Waals surface area (Å²) in [6.07, 6.45) is 2.30. The minimum Gasteiger partial charge on any atom is -0.351 e. The first-order chi connectivity index (χ1) is 5.95. The quantitative estimate of drug-likeness (QED) is 0.495. The fraction of sp³-hybridized carbons (Fsp3) is 0.700. The van der Waals surface area contributed by atoms with Crippen LogP contribution in [0.5, 0.6) is 0 Å². The molecule has 0 saturated heterocycles. The van der Waals surface area contributed by atoms with E-state index in [1.54, 1.807) is 6.08 Å². The Kier molecular flexibility index (Phi) is 5.39. The third kappa shape index (κ3) is 9.08. The Morgan fingerprint density at radius 1 is 1.46 bits per heavy atom. The molecule has 0 radical (unpaired) electrons. The number of rotatable bonds is 5. The van der Waals surface area contributed by atoms with Crippen molar-refractivity contribution in [2.24, 2.45) is 0 Å². The van der Waals surface area contributed by atoms with Crippen molar-refractivity contribution in [2.75, 3.05) is 13.1 Å². The van der Waals surface area contributed by atoms with E-state index in [4.69, 9.17) is 0 Å². The minimum absolute atomic E-state index is 0.0871. The Hall–Kier alpha value is -0.830. The lowest BCUT2D eigenvalue weighted by atomic mass is 10.1. The van der Waals surface area contributed by atoms with Gasteiger partial charge in [0.1, 0.15) is 0 Å². The van der Waals surface area contributed by atoms with E-state index >= 15 is 0 Å². The smallest absolute Gasteiger partial charge is 0.221 e. The van der Waals surface area contributed by atoms with Crippen LogP contribution in [0.4, 0.5) is 0 Å². The van der Waals surface area contributed by atoms with Crippen molar-refractivity contribution in [1.29, 1.82) is 0 Å². The van der Waals surface area contributed by atoms with Crippen LogP contribution in [-0.2, 0) is 4.79 Å². The lowest BCUT2D eigenvalue weighted by molar-refractivity contribution is -0.122. The maximum absolute atomic E-state index is 11.2. The molecule has 2 N–H and O–H groups in total. The molecule has 0 aliphatic rings. The second-order valence-corrected chi connectivity index (χ2v) is 4.04. The lowest BCUT2D eigenvalue weighted by Crippen LogP contribution is -2.41. The number of amides is 1. The summed E-state index contributed by atoms with van der Waals surface area (Å²) in [5.41, 5.74) is -0.129. The summed E-state index contributed by atoms with van der Waals surface area (Å²) < 4.78 is 0. The average Bonchev–Trinajstić information content (AvgIpc) is 1.94. The highest BCUT2D eigenvalue weighted by molar-refractivity contribution is 5.76. The first-order valence-corrected chi connectivity index (χ1v) is 4.58. The molecule has 3 nitrogen and oxygen atoms in total. The second kappa shape index (κ2) is 5.75. The molecular formula is C10H20N2O. The molecule has 0 spiro atoms. The number of carbonyl (C=O) groups is 1. The first-order valence-electron chi connectivity index (χ1n) is 4.58. The van der Waals surface area contributed by atoms with Gasteiger partial charge in [-0.25, -0.2) is 0 Å². The van der Waals surface area contributed by atoms with Crippen LogP contribution >= 0.6 is 0 Å². The van der Waals surface area contributed by atoms with E-state index in [1.165, 1.54) is 0 Å². The van der Waals surface area contributed by atoms with E-state index in [-0.39, 0.29) is 11.4 Å². The van der Waals surface area contributed by atoms with Gasteiger partial charge in [-0.15, -0.1) is 6.58 Å². The largest absolute Gasteiger partial charge is 0.351 e. The van der Waals surface area contributed by atoms with Gasteiger partial charge in [0.15, 0.2) is 0 Å². The molecule has 0 aromatic carbocycles.